The van der Waals surface area contributed by atoms with Crippen LogP contribution in [0.3, 0.4) is 0 Å². The lowest BCUT2D eigenvalue weighted by atomic mass is 9.69. The van der Waals surface area contributed by atoms with Gasteiger partial charge < -0.3 is 5.73 Å². The van der Waals surface area contributed by atoms with Crippen LogP contribution < -0.4 is 5.73 Å². The molecule has 1 nitrogen and oxygen atoms in total. The Kier molecular flexibility index (Phi) is 4.76. The highest BCUT2D eigenvalue weighted by Gasteiger charge is 2.32. The van der Waals surface area contributed by atoms with Crippen LogP contribution in [-0.2, 0) is 11.8 Å². The van der Waals surface area contributed by atoms with Crippen molar-refractivity contribution in [2.24, 2.45) is 5.73 Å². The number of benzene rings is 1. The van der Waals surface area contributed by atoms with Crippen LogP contribution in [0.4, 0.5) is 4.39 Å². The van der Waals surface area contributed by atoms with Gasteiger partial charge in [-0.1, -0.05) is 43.5 Å². The van der Waals surface area contributed by atoms with E-state index in [4.69, 9.17) is 5.73 Å². The number of hydrogen-bond acceptors (Lipinski definition) is 1. The van der Waals surface area contributed by atoms with E-state index in [1.165, 1.54) is 43.2 Å². The van der Waals surface area contributed by atoms with Gasteiger partial charge in [-0.25, -0.2) is 0 Å². The normalized spacial score (nSPS) is 18.8. The van der Waals surface area contributed by atoms with Gasteiger partial charge in [0, 0.05) is 12.0 Å². The van der Waals surface area contributed by atoms with Gasteiger partial charge >= 0.3 is 0 Å². The van der Waals surface area contributed by atoms with Crippen LogP contribution >= 0.6 is 0 Å². The predicted octanol–water partition coefficient (Wildman–Crippen LogP) is 3.75. The van der Waals surface area contributed by atoms with Crippen molar-refractivity contribution in [3.8, 4) is 0 Å². The van der Waals surface area contributed by atoms with Crippen molar-refractivity contribution in [3.63, 3.8) is 0 Å². The Balaban J connectivity index is 2.11. The van der Waals surface area contributed by atoms with Crippen molar-refractivity contribution in [2.45, 2.75) is 50.4 Å². The van der Waals surface area contributed by atoms with Crippen LogP contribution in [0.2, 0.25) is 0 Å². The van der Waals surface area contributed by atoms with Crippen molar-refractivity contribution >= 4 is 0 Å². The summed E-state index contributed by atoms with van der Waals surface area (Å²) in [6, 6.07) is 8.73. The molecule has 0 heterocycles. The van der Waals surface area contributed by atoms with E-state index in [-0.39, 0.29) is 12.1 Å². The summed E-state index contributed by atoms with van der Waals surface area (Å²) >= 11 is 0. The Bertz CT molecular complexity index is 352. The minimum atomic E-state index is -0.228. The second-order valence-corrected chi connectivity index (χ2v) is 5.53. The molecule has 1 saturated carbocycles. The fourth-order valence-corrected chi connectivity index (χ4v) is 3.14. The summed E-state index contributed by atoms with van der Waals surface area (Å²) in [4.78, 5) is 0. The van der Waals surface area contributed by atoms with Gasteiger partial charge in [0.15, 0.2) is 0 Å². The van der Waals surface area contributed by atoms with Gasteiger partial charge in [0.2, 0.25) is 0 Å². The summed E-state index contributed by atoms with van der Waals surface area (Å²) < 4.78 is 12.1. The van der Waals surface area contributed by atoms with E-state index in [2.05, 4.69) is 24.3 Å². The first-order valence-corrected chi connectivity index (χ1v) is 7.16. The quantitative estimate of drug-likeness (QED) is 0.845. The van der Waals surface area contributed by atoms with Gasteiger partial charge in [-0.15, -0.1) is 0 Å². The number of hydrogen-bond donors (Lipinski definition) is 1. The van der Waals surface area contributed by atoms with E-state index < -0.39 is 0 Å². The van der Waals surface area contributed by atoms with Crippen LogP contribution in [0.15, 0.2) is 24.3 Å². The summed E-state index contributed by atoms with van der Waals surface area (Å²) in [6.45, 7) is 0.519. The van der Waals surface area contributed by atoms with E-state index >= 15 is 0 Å². The number of aryl methyl sites for hydroxylation is 1. The summed E-state index contributed by atoms with van der Waals surface area (Å²) in [5.41, 5.74) is 8.86. The maximum atomic E-state index is 12.1. The Morgan fingerprint density at radius 1 is 1.06 bits per heavy atom. The smallest absolute Gasteiger partial charge is 0.0897 e. The molecule has 1 aliphatic rings. The summed E-state index contributed by atoms with van der Waals surface area (Å²) in [6.07, 6.45) is 7.83. The Morgan fingerprint density at radius 3 is 2.28 bits per heavy atom. The number of rotatable bonds is 5. The van der Waals surface area contributed by atoms with Crippen LogP contribution in [0.1, 0.15) is 49.7 Å². The van der Waals surface area contributed by atoms with Crippen LogP contribution in [0.25, 0.3) is 0 Å². The molecule has 0 radical (unpaired) electrons. The van der Waals surface area contributed by atoms with Gasteiger partial charge in [-0.3, -0.25) is 4.39 Å². The molecule has 2 N–H and O–H groups in total. The molecule has 100 valence electrons. The lowest BCUT2D eigenvalue weighted by molar-refractivity contribution is 0.301. The summed E-state index contributed by atoms with van der Waals surface area (Å²) in [5.74, 6) is 0. The highest BCUT2D eigenvalue weighted by Crippen LogP contribution is 2.38. The number of alkyl halides is 1. The third kappa shape index (κ3) is 2.92. The van der Waals surface area contributed by atoms with Gasteiger partial charge in [0.1, 0.15) is 0 Å². The first-order valence-electron chi connectivity index (χ1n) is 7.16. The second-order valence-electron chi connectivity index (χ2n) is 5.53. The number of nitrogens with two attached hydrogens (primary N) is 1. The zero-order valence-electron chi connectivity index (χ0n) is 11.1. The maximum Gasteiger partial charge on any atom is 0.0897 e. The molecule has 2 heteroatoms. The average molecular weight is 249 g/mol. The van der Waals surface area contributed by atoms with Gasteiger partial charge in [0.25, 0.3) is 0 Å². The maximum absolute atomic E-state index is 12.1. The van der Waals surface area contributed by atoms with Gasteiger partial charge in [-0.2, -0.15) is 0 Å². The number of halogens is 1. The minimum absolute atomic E-state index is 0.205. The van der Waals surface area contributed by atoms with Crippen LogP contribution in [-0.4, -0.2) is 13.2 Å². The molecule has 18 heavy (non-hydrogen) atoms. The molecule has 0 saturated heterocycles. The predicted molar refractivity (Wildman–Crippen MR) is 74.6 cm³/mol. The monoisotopic (exact) mass is 249 g/mol. The summed E-state index contributed by atoms with van der Waals surface area (Å²) in [5, 5.41) is 0. The third-order valence-corrected chi connectivity index (χ3v) is 4.37. The van der Waals surface area contributed by atoms with E-state index in [1.54, 1.807) is 0 Å². The lowest BCUT2D eigenvalue weighted by Gasteiger charge is -2.37. The van der Waals surface area contributed by atoms with E-state index in [9.17, 15) is 4.39 Å². The Morgan fingerprint density at radius 2 is 1.72 bits per heavy atom. The van der Waals surface area contributed by atoms with Crippen molar-refractivity contribution in [2.75, 3.05) is 13.2 Å². The molecule has 0 bridgehead atoms. The molecule has 1 aliphatic carbocycles. The molecule has 1 aromatic rings. The highest BCUT2D eigenvalue weighted by molar-refractivity contribution is 5.30. The van der Waals surface area contributed by atoms with Crippen molar-refractivity contribution in [1.29, 1.82) is 0 Å². The topological polar surface area (TPSA) is 26.0 Å². The van der Waals surface area contributed by atoms with Crippen LogP contribution in [0.5, 0.6) is 0 Å². The van der Waals surface area contributed by atoms with Crippen molar-refractivity contribution < 1.29 is 4.39 Å². The van der Waals surface area contributed by atoms with Crippen molar-refractivity contribution in [1.82, 2.24) is 0 Å². The highest BCUT2D eigenvalue weighted by atomic mass is 19.1. The van der Waals surface area contributed by atoms with E-state index in [1.807, 2.05) is 0 Å². The average Bonchev–Trinajstić information content (AvgIpc) is 2.46. The summed E-state index contributed by atoms with van der Waals surface area (Å²) in [7, 11) is 0. The SMILES string of the molecule is NCC1(c2ccc(CCCF)cc2)CCCCC1. The molecule has 0 atom stereocenters. The molecule has 1 fully saturated rings. The molecule has 1 aromatic carbocycles. The lowest BCUT2D eigenvalue weighted by Crippen LogP contribution is -2.37. The van der Waals surface area contributed by atoms with Gasteiger partial charge in [-0.05, 0) is 36.8 Å². The molecule has 0 amide bonds. The third-order valence-electron chi connectivity index (χ3n) is 4.37. The fraction of sp³-hybridized carbons (Fsp3) is 0.625. The van der Waals surface area contributed by atoms with E-state index in [0.717, 1.165) is 13.0 Å². The molecule has 0 spiro atoms. The molecular formula is C16H24FN. The molecule has 0 aliphatic heterocycles. The van der Waals surface area contributed by atoms with Crippen molar-refractivity contribution in [3.05, 3.63) is 35.4 Å². The zero-order valence-corrected chi connectivity index (χ0v) is 11.1. The zero-order chi connectivity index (χ0) is 12.8. The fourth-order valence-electron chi connectivity index (χ4n) is 3.14. The second kappa shape index (κ2) is 6.33. The standard InChI is InChI=1S/C16H24FN/c17-12-4-5-14-6-8-15(9-7-14)16(13-18)10-2-1-3-11-16/h6-9H,1-5,10-13,18H2. The molecular weight excluding hydrogens is 225 g/mol. The first kappa shape index (κ1) is 13.5. The minimum Gasteiger partial charge on any atom is -0.330 e. The Hall–Kier alpha value is -0.890. The first-order chi connectivity index (χ1) is 8.80. The van der Waals surface area contributed by atoms with Gasteiger partial charge in [0.05, 0.1) is 6.67 Å². The van der Waals surface area contributed by atoms with Crippen LogP contribution in [0, 0.1) is 0 Å². The largest absolute Gasteiger partial charge is 0.330 e. The Labute approximate surface area is 110 Å². The molecule has 0 aromatic heterocycles. The molecule has 0 unspecified atom stereocenters. The molecule has 2 rings (SSSR count). The van der Waals surface area contributed by atoms with E-state index in [0.29, 0.717) is 6.42 Å².